The molecule has 0 unspecified atom stereocenters. The lowest BCUT2D eigenvalue weighted by molar-refractivity contribution is 0.102. The zero-order chi connectivity index (χ0) is 14.5. The van der Waals surface area contributed by atoms with E-state index >= 15 is 0 Å². The van der Waals surface area contributed by atoms with Gasteiger partial charge in [0.25, 0.3) is 5.91 Å². The van der Waals surface area contributed by atoms with Gasteiger partial charge < -0.3 is 14.8 Å². The lowest BCUT2D eigenvalue weighted by Gasteiger charge is -2.12. The Kier molecular flexibility index (Phi) is 4.25. The Bertz CT molecular complexity index is 623. The van der Waals surface area contributed by atoms with E-state index in [0.717, 1.165) is 5.56 Å². The minimum Gasteiger partial charge on any atom is -0.497 e. The van der Waals surface area contributed by atoms with Gasteiger partial charge in [0.15, 0.2) is 0 Å². The molecule has 2 rings (SSSR count). The van der Waals surface area contributed by atoms with Gasteiger partial charge in [-0.05, 0) is 31.2 Å². The molecule has 0 aliphatic carbocycles. The van der Waals surface area contributed by atoms with Crippen LogP contribution in [-0.2, 0) is 0 Å². The maximum absolute atomic E-state index is 12.2. The Balaban J connectivity index is 2.27. The van der Waals surface area contributed by atoms with Crippen molar-refractivity contribution in [2.24, 2.45) is 0 Å². The molecule has 0 fully saturated rings. The molecule has 0 bridgehead atoms. The summed E-state index contributed by atoms with van der Waals surface area (Å²) in [6, 6.07) is 12.7. The molecule has 0 heterocycles. The summed E-state index contributed by atoms with van der Waals surface area (Å²) in [5, 5.41) is 2.84. The highest BCUT2D eigenvalue weighted by Crippen LogP contribution is 2.29. The normalized spacial score (nSPS) is 9.95. The van der Waals surface area contributed by atoms with E-state index in [1.54, 1.807) is 38.5 Å². The zero-order valence-corrected chi connectivity index (χ0v) is 11.8. The molecule has 104 valence electrons. The molecule has 20 heavy (non-hydrogen) atoms. The van der Waals surface area contributed by atoms with Crippen LogP contribution in [0.25, 0.3) is 0 Å². The molecule has 0 spiro atoms. The number of carbonyl (C=O) groups excluding carboxylic acids is 1. The largest absolute Gasteiger partial charge is 0.497 e. The van der Waals surface area contributed by atoms with Crippen LogP contribution in [0.15, 0.2) is 42.5 Å². The molecule has 4 nitrogen and oxygen atoms in total. The predicted molar refractivity (Wildman–Crippen MR) is 78.7 cm³/mol. The second-order valence-corrected chi connectivity index (χ2v) is 4.39. The summed E-state index contributed by atoms with van der Waals surface area (Å²) in [6.07, 6.45) is 0. The van der Waals surface area contributed by atoms with Crippen molar-refractivity contribution in [3.8, 4) is 11.5 Å². The Labute approximate surface area is 118 Å². The topological polar surface area (TPSA) is 47.6 Å². The maximum Gasteiger partial charge on any atom is 0.255 e. The van der Waals surface area contributed by atoms with E-state index in [9.17, 15) is 4.79 Å². The lowest BCUT2D eigenvalue weighted by atomic mass is 10.1. The third kappa shape index (κ3) is 3.09. The van der Waals surface area contributed by atoms with E-state index in [4.69, 9.17) is 9.47 Å². The van der Waals surface area contributed by atoms with Gasteiger partial charge in [0.05, 0.1) is 19.9 Å². The number of anilines is 1. The number of methoxy groups -OCH3 is 2. The summed E-state index contributed by atoms with van der Waals surface area (Å²) < 4.78 is 10.4. The van der Waals surface area contributed by atoms with Gasteiger partial charge in [-0.1, -0.05) is 17.7 Å². The number of hydrogen-bond donors (Lipinski definition) is 1. The van der Waals surface area contributed by atoms with Crippen LogP contribution in [0.5, 0.6) is 11.5 Å². The fraction of sp³-hybridized carbons (Fsp3) is 0.188. The number of carbonyl (C=O) groups is 1. The quantitative estimate of drug-likeness (QED) is 0.928. The molecule has 0 radical (unpaired) electrons. The molecule has 0 aliphatic rings. The Hall–Kier alpha value is -2.49. The zero-order valence-electron chi connectivity index (χ0n) is 11.8. The fourth-order valence-electron chi connectivity index (χ4n) is 1.89. The van der Waals surface area contributed by atoms with Crippen molar-refractivity contribution >= 4 is 11.6 Å². The molecular formula is C16H17NO3. The average molecular weight is 271 g/mol. The van der Waals surface area contributed by atoms with Crippen LogP contribution in [0.1, 0.15) is 15.9 Å². The van der Waals surface area contributed by atoms with Crippen molar-refractivity contribution in [1.29, 1.82) is 0 Å². The van der Waals surface area contributed by atoms with Crippen LogP contribution in [0, 0.1) is 6.92 Å². The standard InChI is InChI=1S/C16H17NO3/c1-11-5-4-6-12(9-11)16(18)17-14-10-13(19-2)7-8-15(14)20-3/h4-10H,1-3H3,(H,17,18). The van der Waals surface area contributed by atoms with Gasteiger partial charge in [-0.15, -0.1) is 0 Å². The minimum absolute atomic E-state index is 0.180. The van der Waals surface area contributed by atoms with Gasteiger partial charge in [-0.25, -0.2) is 0 Å². The van der Waals surface area contributed by atoms with E-state index in [-0.39, 0.29) is 5.91 Å². The summed E-state index contributed by atoms with van der Waals surface area (Å²) in [7, 11) is 3.14. The second kappa shape index (κ2) is 6.10. The van der Waals surface area contributed by atoms with Crippen molar-refractivity contribution < 1.29 is 14.3 Å². The summed E-state index contributed by atoms with van der Waals surface area (Å²) in [4.78, 5) is 12.2. The van der Waals surface area contributed by atoms with E-state index in [1.165, 1.54) is 0 Å². The molecule has 4 heteroatoms. The van der Waals surface area contributed by atoms with Crippen LogP contribution in [0.2, 0.25) is 0 Å². The van der Waals surface area contributed by atoms with Gasteiger partial charge in [-0.3, -0.25) is 4.79 Å². The molecule has 0 aliphatic heterocycles. The Morgan fingerprint density at radius 1 is 1.05 bits per heavy atom. The van der Waals surface area contributed by atoms with E-state index in [0.29, 0.717) is 22.7 Å². The van der Waals surface area contributed by atoms with Crippen LogP contribution >= 0.6 is 0 Å². The first-order chi connectivity index (χ1) is 9.63. The molecule has 1 amide bonds. The van der Waals surface area contributed by atoms with Crippen molar-refractivity contribution in [3.63, 3.8) is 0 Å². The third-order valence-corrected chi connectivity index (χ3v) is 2.94. The Morgan fingerprint density at radius 3 is 2.50 bits per heavy atom. The highest BCUT2D eigenvalue weighted by molar-refractivity contribution is 6.05. The smallest absolute Gasteiger partial charge is 0.255 e. The third-order valence-electron chi connectivity index (χ3n) is 2.94. The lowest BCUT2D eigenvalue weighted by Crippen LogP contribution is -2.12. The van der Waals surface area contributed by atoms with Crippen molar-refractivity contribution in [2.75, 3.05) is 19.5 Å². The second-order valence-electron chi connectivity index (χ2n) is 4.39. The van der Waals surface area contributed by atoms with Gasteiger partial charge in [0.2, 0.25) is 0 Å². The minimum atomic E-state index is -0.180. The molecular weight excluding hydrogens is 254 g/mol. The van der Waals surface area contributed by atoms with Gasteiger partial charge in [0, 0.05) is 11.6 Å². The first-order valence-corrected chi connectivity index (χ1v) is 6.24. The van der Waals surface area contributed by atoms with E-state index in [1.807, 2.05) is 25.1 Å². The van der Waals surface area contributed by atoms with Crippen LogP contribution in [0.4, 0.5) is 5.69 Å². The van der Waals surface area contributed by atoms with Crippen LogP contribution < -0.4 is 14.8 Å². The number of hydrogen-bond acceptors (Lipinski definition) is 3. The monoisotopic (exact) mass is 271 g/mol. The molecule has 0 saturated carbocycles. The van der Waals surface area contributed by atoms with Crippen molar-refractivity contribution in [2.45, 2.75) is 6.92 Å². The highest BCUT2D eigenvalue weighted by Gasteiger charge is 2.10. The number of aryl methyl sites for hydroxylation is 1. The fourth-order valence-corrected chi connectivity index (χ4v) is 1.89. The van der Waals surface area contributed by atoms with Crippen LogP contribution in [-0.4, -0.2) is 20.1 Å². The van der Waals surface area contributed by atoms with Crippen molar-refractivity contribution in [3.05, 3.63) is 53.6 Å². The highest BCUT2D eigenvalue weighted by atomic mass is 16.5. The first kappa shape index (κ1) is 13.9. The van der Waals surface area contributed by atoms with Crippen molar-refractivity contribution in [1.82, 2.24) is 0 Å². The predicted octanol–water partition coefficient (Wildman–Crippen LogP) is 3.26. The number of rotatable bonds is 4. The summed E-state index contributed by atoms with van der Waals surface area (Å²) in [5.74, 6) is 1.07. The molecule has 2 aromatic rings. The molecule has 0 atom stereocenters. The molecule has 0 saturated heterocycles. The number of nitrogens with one attached hydrogen (secondary N) is 1. The first-order valence-electron chi connectivity index (χ1n) is 6.24. The Morgan fingerprint density at radius 2 is 1.85 bits per heavy atom. The maximum atomic E-state index is 12.2. The summed E-state index contributed by atoms with van der Waals surface area (Å²) in [6.45, 7) is 1.95. The molecule has 1 N–H and O–H groups in total. The van der Waals surface area contributed by atoms with Gasteiger partial charge in [0.1, 0.15) is 11.5 Å². The molecule has 2 aromatic carbocycles. The number of amides is 1. The number of benzene rings is 2. The SMILES string of the molecule is COc1ccc(OC)c(NC(=O)c2cccc(C)c2)c1. The van der Waals surface area contributed by atoms with E-state index < -0.39 is 0 Å². The van der Waals surface area contributed by atoms with Gasteiger partial charge >= 0.3 is 0 Å². The average Bonchev–Trinajstić information content (AvgIpc) is 2.47. The number of ether oxygens (including phenoxy) is 2. The van der Waals surface area contributed by atoms with E-state index in [2.05, 4.69) is 5.32 Å². The summed E-state index contributed by atoms with van der Waals surface area (Å²) >= 11 is 0. The summed E-state index contributed by atoms with van der Waals surface area (Å²) in [5.41, 5.74) is 2.23. The molecule has 0 aromatic heterocycles. The van der Waals surface area contributed by atoms with Crippen LogP contribution in [0.3, 0.4) is 0 Å². The van der Waals surface area contributed by atoms with Gasteiger partial charge in [-0.2, -0.15) is 0 Å².